The van der Waals surface area contributed by atoms with Crippen molar-refractivity contribution in [2.24, 2.45) is 11.3 Å². The van der Waals surface area contributed by atoms with Gasteiger partial charge in [0.1, 0.15) is 17.3 Å². The highest BCUT2D eigenvalue weighted by Gasteiger charge is 2.46. The molecule has 1 fully saturated rings. The van der Waals surface area contributed by atoms with Gasteiger partial charge in [-0.25, -0.2) is 14.1 Å². The van der Waals surface area contributed by atoms with Crippen LogP contribution in [0.5, 0.6) is 5.75 Å². The molecule has 6 nitrogen and oxygen atoms in total. The van der Waals surface area contributed by atoms with Crippen LogP contribution in [0.3, 0.4) is 0 Å². The Labute approximate surface area is 204 Å². The summed E-state index contributed by atoms with van der Waals surface area (Å²) >= 11 is 0. The lowest BCUT2D eigenvalue weighted by Crippen LogP contribution is -2.39. The van der Waals surface area contributed by atoms with Gasteiger partial charge < -0.3 is 10.4 Å². The van der Waals surface area contributed by atoms with E-state index >= 15 is 0 Å². The molecule has 1 amide bonds. The minimum Gasteiger partial charge on any atom is -0.506 e. The first-order chi connectivity index (χ1) is 16.9. The molecule has 3 aromatic rings. The molecule has 5 rings (SSSR count). The van der Waals surface area contributed by atoms with Crippen molar-refractivity contribution in [3.63, 3.8) is 0 Å². The van der Waals surface area contributed by atoms with Crippen LogP contribution >= 0.6 is 0 Å². The van der Waals surface area contributed by atoms with E-state index in [-0.39, 0.29) is 28.9 Å². The van der Waals surface area contributed by atoms with E-state index in [1.807, 2.05) is 10.9 Å². The fourth-order valence-corrected chi connectivity index (χ4v) is 5.82. The summed E-state index contributed by atoms with van der Waals surface area (Å²) in [5, 5.41) is 17.3. The maximum absolute atomic E-state index is 13.4. The number of hydrogen-bond acceptors (Lipinski definition) is 4. The molecule has 2 aromatic heterocycles. The zero-order chi connectivity index (χ0) is 24.6. The maximum atomic E-state index is 13.4. The van der Waals surface area contributed by atoms with Crippen molar-refractivity contribution >= 4 is 12.0 Å². The Kier molecular flexibility index (Phi) is 6.17. The second-order valence-electron chi connectivity index (χ2n) is 10.0. The van der Waals surface area contributed by atoms with Crippen LogP contribution in [0, 0.1) is 17.2 Å². The number of rotatable bonds is 7. The van der Waals surface area contributed by atoms with E-state index < -0.39 is 0 Å². The molecule has 1 saturated carbocycles. The van der Waals surface area contributed by atoms with E-state index in [0.717, 1.165) is 49.9 Å². The first-order valence-electron chi connectivity index (χ1n) is 12.4. The van der Waals surface area contributed by atoms with E-state index in [1.54, 1.807) is 18.2 Å². The standard InChI is InChI=1S/C28H31FN4O2/c1-3-4-22(32-27(35)25-12-11-24(34)17-30-25)13-19-5-6-20-14-26-18(15-28(19,20)2)16-31-33(26)23-9-7-21(29)8-10-23/h7-12,14,16-17,19,22,34H,3-6,13,15H2,1-2H3,(H,32,35). The molecule has 2 aliphatic carbocycles. The normalized spacial score (nSPS) is 21.7. The van der Waals surface area contributed by atoms with E-state index in [9.17, 15) is 14.3 Å². The summed E-state index contributed by atoms with van der Waals surface area (Å²) in [6, 6.07) is 9.54. The average Bonchev–Trinajstić information content (AvgIpc) is 3.38. The molecule has 3 unspecified atom stereocenters. The summed E-state index contributed by atoms with van der Waals surface area (Å²) in [5.41, 5.74) is 4.92. The third-order valence-corrected chi connectivity index (χ3v) is 7.74. The number of amides is 1. The molecule has 3 atom stereocenters. The molecule has 2 aliphatic rings. The number of aromatic nitrogens is 3. The lowest BCUT2D eigenvalue weighted by Gasteiger charge is -2.37. The number of nitrogens with one attached hydrogen (secondary N) is 1. The Morgan fingerprint density at radius 3 is 2.77 bits per heavy atom. The van der Waals surface area contributed by atoms with Gasteiger partial charge in [-0.1, -0.05) is 25.8 Å². The summed E-state index contributed by atoms with van der Waals surface area (Å²) in [6.07, 6.45) is 11.3. The zero-order valence-electron chi connectivity index (χ0n) is 20.2. The Bertz CT molecular complexity index is 1250. The highest BCUT2D eigenvalue weighted by Crippen LogP contribution is 2.54. The molecule has 1 aromatic carbocycles. The van der Waals surface area contributed by atoms with Crippen LogP contribution in [0.15, 0.2) is 54.4 Å². The molecule has 0 bridgehead atoms. The van der Waals surface area contributed by atoms with Crippen LogP contribution in [0.25, 0.3) is 11.8 Å². The number of fused-ring (bicyclic) bond motifs is 2. The molecule has 0 spiro atoms. The van der Waals surface area contributed by atoms with Crippen LogP contribution in [0.1, 0.15) is 67.7 Å². The molecular formula is C28H31FN4O2. The number of carbonyl (C=O) groups is 1. The van der Waals surface area contributed by atoms with Crippen molar-refractivity contribution in [1.82, 2.24) is 20.1 Å². The molecular weight excluding hydrogens is 443 g/mol. The molecule has 0 saturated heterocycles. The summed E-state index contributed by atoms with van der Waals surface area (Å²) in [7, 11) is 0. The van der Waals surface area contributed by atoms with Crippen molar-refractivity contribution in [2.75, 3.05) is 0 Å². The molecule has 2 N–H and O–H groups in total. The smallest absolute Gasteiger partial charge is 0.270 e. The summed E-state index contributed by atoms with van der Waals surface area (Å²) in [6.45, 7) is 4.48. The van der Waals surface area contributed by atoms with Crippen LogP contribution in [0.2, 0.25) is 0 Å². The van der Waals surface area contributed by atoms with Gasteiger partial charge in [0.05, 0.1) is 23.8 Å². The minimum atomic E-state index is -0.255. The molecule has 0 radical (unpaired) electrons. The summed E-state index contributed by atoms with van der Waals surface area (Å²) in [4.78, 5) is 16.9. The van der Waals surface area contributed by atoms with Gasteiger partial charge >= 0.3 is 0 Å². The number of hydrogen-bond donors (Lipinski definition) is 2. The van der Waals surface area contributed by atoms with E-state index in [0.29, 0.717) is 11.6 Å². The Morgan fingerprint density at radius 2 is 2.06 bits per heavy atom. The highest BCUT2D eigenvalue weighted by molar-refractivity contribution is 5.92. The van der Waals surface area contributed by atoms with Crippen molar-refractivity contribution in [2.45, 2.75) is 58.4 Å². The lowest BCUT2D eigenvalue weighted by molar-refractivity contribution is 0.0915. The molecule has 2 heterocycles. The fraction of sp³-hybridized carbons (Fsp3) is 0.393. The largest absolute Gasteiger partial charge is 0.506 e. The van der Waals surface area contributed by atoms with Gasteiger partial charge in [0, 0.05) is 6.04 Å². The highest BCUT2D eigenvalue weighted by atomic mass is 19.1. The van der Waals surface area contributed by atoms with Gasteiger partial charge in [-0.2, -0.15) is 5.10 Å². The van der Waals surface area contributed by atoms with Crippen molar-refractivity contribution in [1.29, 1.82) is 0 Å². The first-order valence-corrected chi connectivity index (χ1v) is 12.4. The average molecular weight is 475 g/mol. The number of halogens is 1. The quantitative estimate of drug-likeness (QED) is 0.477. The molecule has 7 heteroatoms. The second kappa shape index (κ2) is 9.29. The third-order valence-electron chi connectivity index (χ3n) is 7.74. The first kappa shape index (κ1) is 23.3. The van der Waals surface area contributed by atoms with Crippen LogP contribution in [0.4, 0.5) is 4.39 Å². The topological polar surface area (TPSA) is 80.0 Å². The third kappa shape index (κ3) is 4.47. The predicted molar refractivity (Wildman–Crippen MR) is 133 cm³/mol. The van der Waals surface area contributed by atoms with E-state index in [2.05, 4.69) is 35.3 Å². The van der Waals surface area contributed by atoms with E-state index in [4.69, 9.17) is 0 Å². The summed E-state index contributed by atoms with van der Waals surface area (Å²) in [5.74, 6) is 0.0353. The van der Waals surface area contributed by atoms with Gasteiger partial charge in [-0.05, 0) is 91.5 Å². The Morgan fingerprint density at radius 1 is 1.26 bits per heavy atom. The van der Waals surface area contributed by atoms with Gasteiger partial charge in [0.2, 0.25) is 0 Å². The zero-order valence-corrected chi connectivity index (χ0v) is 20.2. The number of carbonyl (C=O) groups excluding carboxylic acids is 1. The number of nitrogens with zero attached hydrogens (tertiary/aromatic N) is 3. The number of pyridine rings is 1. The number of allylic oxidation sites excluding steroid dienone is 1. The van der Waals surface area contributed by atoms with Gasteiger partial charge in [-0.15, -0.1) is 0 Å². The van der Waals surface area contributed by atoms with Gasteiger partial charge in [0.15, 0.2) is 0 Å². The second-order valence-corrected chi connectivity index (χ2v) is 10.0. The maximum Gasteiger partial charge on any atom is 0.270 e. The summed E-state index contributed by atoms with van der Waals surface area (Å²) < 4.78 is 15.3. The molecule has 0 aliphatic heterocycles. The van der Waals surface area contributed by atoms with E-state index in [1.165, 1.54) is 35.5 Å². The van der Waals surface area contributed by atoms with Crippen LogP contribution in [-0.4, -0.2) is 31.8 Å². The molecule has 182 valence electrons. The van der Waals surface area contributed by atoms with Crippen LogP contribution in [-0.2, 0) is 6.42 Å². The fourth-order valence-electron chi connectivity index (χ4n) is 5.82. The number of aromatic hydroxyl groups is 1. The van der Waals surface area contributed by atoms with Gasteiger partial charge in [0.25, 0.3) is 5.91 Å². The van der Waals surface area contributed by atoms with Gasteiger partial charge in [-0.3, -0.25) is 4.79 Å². The molecule has 35 heavy (non-hydrogen) atoms. The predicted octanol–water partition coefficient (Wildman–Crippen LogP) is 5.46. The Balaban J connectivity index is 1.34. The van der Waals surface area contributed by atoms with Crippen molar-refractivity contribution < 1.29 is 14.3 Å². The Hall–Kier alpha value is -3.48. The number of benzene rings is 1. The van der Waals surface area contributed by atoms with Crippen molar-refractivity contribution in [3.05, 3.63) is 77.1 Å². The minimum absolute atomic E-state index is 0.0250. The van der Waals surface area contributed by atoms with Crippen LogP contribution < -0.4 is 5.32 Å². The SMILES string of the molecule is CCCC(CC1CCC2=Cc3c(cnn3-c3ccc(F)cc3)CC21C)NC(=O)c1ccc(O)cn1. The monoisotopic (exact) mass is 474 g/mol. The lowest BCUT2D eigenvalue weighted by atomic mass is 9.68. The van der Waals surface area contributed by atoms with Crippen molar-refractivity contribution in [3.8, 4) is 11.4 Å².